The molecule has 0 radical (unpaired) electrons. The van der Waals surface area contributed by atoms with E-state index in [2.05, 4.69) is 41.6 Å². The fraction of sp³-hybridized carbons (Fsp3) is 0.368. The molecule has 0 aliphatic rings. The van der Waals surface area contributed by atoms with Gasteiger partial charge < -0.3 is 10.6 Å². The van der Waals surface area contributed by atoms with Crippen molar-refractivity contribution >= 4 is 11.7 Å². The first kappa shape index (κ1) is 17.0. The first-order chi connectivity index (χ1) is 11.2. The molecule has 122 valence electrons. The van der Waals surface area contributed by atoms with Crippen LogP contribution in [0.5, 0.6) is 0 Å². The normalized spacial score (nSPS) is 10.3. The number of benzene rings is 1. The third-order valence-electron chi connectivity index (χ3n) is 3.81. The number of rotatable bonds is 8. The quantitative estimate of drug-likeness (QED) is 0.726. The van der Waals surface area contributed by atoms with Crippen molar-refractivity contribution in [2.24, 2.45) is 0 Å². The minimum atomic E-state index is -0.0564. The number of hydrogen-bond acceptors (Lipinski definition) is 3. The molecule has 0 unspecified atom stereocenters. The Morgan fingerprint density at radius 2 is 1.96 bits per heavy atom. The maximum atomic E-state index is 12.0. The van der Waals surface area contributed by atoms with Crippen LogP contribution in [0.4, 0.5) is 5.82 Å². The summed E-state index contributed by atoms with van der Waals surface area (Å²) >= 11 is 0. The molecule has 1 aromatic carbocycles. The summed E-state index contributed by atoms with van der Waals surface area (Å²) in [5.41, 5.74) is 3.10. The van der Waals surface area contributed by atoms with E-state index in [0.717, 1.165) is 38.2 Å². The Morgan fingerprint density at radius 1 is 1.13 bits per heavy atom. The second-order valence-electron chi connectivity index (χ2n) is 5.68. The topological polar surface area (TPSA) is 54.0 Å². The molecule has 2 aromatic rings. The van der Waals surface area contributed by atoms with E-state index in [9.17, 15) is 4.79 Å². The lowest BCUT2D eigenvalue weighted by Crippen LogP contribution is -2.24. The Kier molecular flexibility index (Phi) is 6.60. The lowest BCUT2D eigenvalue weighted by atomic mass is 10.1. The van der Waals surface area contributed by atoms with Gasteiger partial charge in [-0.15, -0.1) is 0 Å². The van der Waals surface area contributed by atoms with Gasteiger partial charge in [0.15, 0.2) is 0 Å². The number of anilines is 1. The van der Waals surface area contributed by atoms with Gasteiger partial charge >= 0.3 is 0 Å². The summed E-state index contributed by atoms with van der Waals surface area (Å²) in [5.74, 6) is 0.717. The van der Waals surface area contributed by atoms with Crippen molar-refractivity contribution < 1.29 is 4.79 Å². The van der Waals surface area contributed by atoms with Crippen LogP contribution >= 0.6 is 0 Å². The Hall–Kier alpha value is -2.36. The molecule has 0 saturated heterocycles. The predicted octanol–water partition coefficient (Wildman–Crippen LogP) is 3.92. The smallest absolute Gasteiger partial charge is 0.252 e. The van der Waals surface area contributed by atoms with E-state index in [1.165, 1.54) is 11.1 Å². The third kappa shape index (κ3) is 5.40. The molecule has 4 nitrogen and oxygen atoms in total. The second kappa shape index (κ2) is 8.93. The molecule has 23 heavy (non-hydrogen) atoms. The van der Waals surface area contributed by atoms with E-state index in [4.69, 9.17) is 0 Å². The largest absolute Gasteiger partial charge is 0.366 e. The van der Waals surface area contributed by atoms with Gasteiger partial charge in [-0.25, -0.2) is 4.98 Å². The number of pyridine rings is 1. The van der Waals surface area contributed by atoms with Crippen molar-refractivity contribution in [2.75, 3.05) is 11.9 Å². The van der Waals surface area contributed by atoms with Gasteiger partial charge in [0.25, 0.3) is 5.91 Å². The first-order valence-electron chi connectivity index (χ1n) is 8.23. The van der Waals surface area contributed by atoms with Crippen LogP contribution in [0.1, 0.15) is 47.7 Å². The van der Waals surface area contributed by atoms with Crippen molar-refractivity contribution in [1.29, 1.82) is 0 Å². The minimum absolute atomic E-state index is 0.0564. The second-order valence-corrected chi connectivity index (χ2v) is 5.68. The summed E-state index contributed by atoms with van der Waals surface area (Å²) in [5, 5.41) is 6.20. The van der Waals surface area contributed by atoms with E-state index in [-0.39, 0.29) is 5.91 Å². The van der Waals surface area contributed by atoms with Crippen molar-refractivity contribution in [2.45, 2.75) is 39.7 Å². The number of carbonyl (C=O) groups is 1. The standard InChI is InChI=1S/C19H25N3O/c1-3-4-7-12-20-19(23)17-10-11-18(22-14-17)21-13-16-9-6-5-8-15(16)2/h5-6,8-11,14H,3-4,7,12-13H2,1-2H3,(H,20,23)(H,21,22). The highest BCUT2D eigenvalue weighted by Gasteiger charge is 2.05. The van der Waals surface area contributed by atoms with E-state index < -0.39 is 0 Å². The molecular formula is C19H25N3O. The molecule has 0 aliphatic heterocycles. The summed E-state index contributed by atoms with van der Waals surface area (Å²) in [4.78, 5) is 16.3. The molecule has 0 aliphatic carbocycles. The highest BCUT2D eigenvalue weighted by atomic mass is 16.1. The van der Waals surface area contributed by atoms with Gasteiger partial charge in [0.1, 0.15) is 5.82 Å². The van der Waals surface area contributed by atoms with Gasteiger partial charge in [-0.05, 0) is 36.6 Å². The number of hydrogen-bond donors (Lipinski definition) is 2. The van der Waals surface area contributed by atoms with Gasteiger partial charge in [0, 0.05) is 19.3 Å². The van der Waals surface area contributed by atoms with E-state index in [1.54, 1.807) is 6.20 Å². The molecule has 0 spiro atoms. The fourth-order valence-electron chi connectivity index (χ4n) is 2.31. The maximum Gasteiger partial charge on any atom is 0.252 e. The van der Waals surface area contributed by atoms with Crippen molar-refractivity contribution in [3.8, 4) is 0 Å². The minimum Gasteiger partial charge on any atom is -0.366 e. The number of nitrogens with zero attached hydrogens (tertiary/aromatic N) is 1. The summed E-state index contributed by atoms with van der Waals surface area (Å²) < 4.78 is 0. The highest BCUT2D eigenvalue weighted by molar-refractivity contribution is 5.94. The molecule has 0 atom stereocenters. The number of unbranched alkanes of at least 4 members (excludes halogenated alkanes) is 2. The van der Waals surface area contributed by atoms with Crippen molar-refractivity contribution in [1.82, 2.24) is 10.3 Å². The number of nitrogens with one attached hydrogen (secondary N) is 2. The van der Waals surface area contributed by atoms with Gasteiger partial charge in [0.2, 0.25) is 0 Å². The first-order valence-corrected chi connectivity index (χ1v) is 8.23. The molecule has 2 N–H and O–H groups in total. The van der Waals surface area contributed by atoms with E-state index >= 15 is 0 Å². The van der Waals surface area contributed by atoms with Crippen molar-refractivity contribution in [3.05, 3.63) is 59.3 Å². The number of carbonyl (C=O) groups excluding carboxylic acids is 1. The lowest BCUT2D eigenvalue weighted by molar-refractivity contribution is 0.0952. The van der Waals surface area contributed by atoms with Gasteiger partial charge in [-0.1, -0.05) is 44.0 Å². The third-order valence-corrected chi connectivity index (χ3v) is 3.81. The van der Waals surface area contributed by atoms with Crippen LogP contribution in [0.25, 0.3) is 0 Å². The van der Waals surface area contributed by atoms with Crippen LogP contribution in [0.15, 0.2) is 42.6 Å². The average molecular weight is 311 g/mol. The maximum absolute atomic E-state index is 12.0. The molecule has 4 heteroatoms. The van der Waals surface area contributed by atoms with Crippen LogP contribution in [-0.4, -0.2) is 17.4 Å². The summed E-state index contributed by atoms with van der Waals surface area (Å²) in [6.07, 6.45) is 4.93. The average Bonchev–Trinajstić information content (AvgIpc) is 2.58. The molecule has 0 saturated carbocycles. The molecule has 2 rings (SSSR count). The zero-order valence-corrected chi connectivity index (χ0v) is 13.9. The summed E-state index contributed by atoms with van der Waals surface area (Å²) in [6, 6.07) is 11.9. The molecular weight excluding hydrogens is 286 g/mol. The Labute approximate surface area is 138 Å². The molecule has 1 heterocycles. The number of amides is 1. The zero-order chi connectivity index (χ0) is 16.5. The Morgan fingerprint density at radius 3 is 2.65 bits per heavy atom. The van der Waals surface area contributed by atoms with Crippen LogP contribution in [0.2, 0.25) is 0 Å². The summed E-state index contributed by atoms with van der Waals surface area (Å²) in [7, 11) is 0. The number of aryl methyl sites for hydroxylation is 1. The number of aromatic nitrogens is 1. The van der Waals surface area contributed by atoms with Crippen LogP contribution < -0.4 is 10.6 Å². The van der Waals surface area contributed by atoms with E-state index in [1.807, 2.05) is 24.3 Å². The van der Waals surface area contributed by atoms with Crippen LogP contribution in [0, 0.1) is 6.92 Å². The van der Waals surface area contributed by atoms with E-state index in [0.29, 0.717) is 5.56 Å². The Balaban J connectivity index is 1.84. The van der Waals surface area contributed by atoms with Crippen LogP contribution in [-0.2, 0) is 6.54 Å². The van der Waals surface area contributed by atoms with Crippen LogP contribution in [0.3, 0.4) is 0 Å². The van der Waals surface area contributed by atoms with Gasteiger partial charge in [-0.3, -0.25) is 4.79 Å². The van der Waals surface area contributed by atoms with Crippen molar-refractivity contribution in [3.63, 3.8) is 0 Å². The molecule has 0 bridgehead atoms. The summed E-state index contributed by atoms with van der Waals surface area (Å²) in [6.45, 7) is 5.69. The highest BCUT2D eigenvalue weighted by Crippen LogP contribution is 2.11. The zero-order valence-electron chi connectivity index (χ0n) is 13.9. The predicted molar refractivity (Wildman–Crippen MR) is 94.6 cm³/mol. The molecule has 1 aromatic heterocycles. The Bertz CT molecular complexity index is 623. The molecule has 1 amide bonds. The lowest BCUT2D eigenvalue weighted by Gasteiger charge is -2.09. The monoisotopic (exact) mass is 311 g/mol. The SMILES string of the molecule is CCCCCNC(=O)c1ccc(NCc2ccccc2C)nc1. The fourth-order valence-corrected chi connectivity index (χ4v) is 2.31. The molecule has 0 fully saturated rings. The van der Waals surface area contributed by atoms with Gasteiger partial charge in [0.05, 0.1) is 5.56 Å². The van der Waals surface area contributed by atoms with Gasteiger partial charge in [-0.2, -0.15) is 0 Å².